The van der Waals surface area contributed by atoms with Crippen LogP contribution in [-0.4, -0.2) is 73.6 Å². The highest BCUT2D eigenvalue weighted by Crippen LogP contribution is 2.30. The van der Waals surface area contributed by atoms with Crippen molar-refractivity contribution in [3.05, 3.63) is 59.7 Å². The van der Waals surface area contributed by atoms with Gasteiger partial charge in [0.25, 0.3) is 5.91 Å². The fourth-order valence-corrected chi connectivity index (χ4v) is 5.22. The van der Waals surface area contributed by atoms with Crippen LogP contribution < -0.4 is 5.48 Å². The van der Waals surface area contributed by atoms with Crippen LogP contribution in [0.4, 0.5) is 0 Å². The Labute approximate surface area is 205 Å². The molecule has 0 aliphatic carbocycles. The molecule has 35 heavy (non-hydrogen) atoms. The summed E-state index contributed by atoms with van der Waals surface area (Å²) in [6, 6.07) is 16.5. The van der Waals surface area contributed by atoms with Crippen molar-refractivity contribution in [2.24, 2.45) is 5.16 Å². The Morgan fingerprint density at radius 1 is 1.09 bits per heavy atom. The minimum absolute atomic E-state index is 0.125. The van der Waals surface area contributed by atoms with Crippen LogP contribution in [-0.2, 0) is 30.8 Å². The monoisotopic (exact) mass is 501 g/mol. The lowest BCUT2D eigenvalue weighted by Crippen LogP contribution is -2.51. The molecule has 2 heterocycles. The van der Waals surface area contributed by atoms with E-state index in [-0.39, 0.29) is 6.42 Å². The standard InChI is InChI=1S/C25H31N3O6S/c1-25(24(29)26-30,35(2,31)32)16-22-15-23(27-34-22)21-9-7-20(8-10-21)19-5-3-18(4-6-19)17-28-11-13-33-14-12-28/h3-10,22,30H,11-17H2,1-2H3,(H,26,29). The van der Waals surface area contributed by atoms with Crippen molar-refractivity contribution in [1.29, 1.82) is 0 Å². The maximum atomic E-state index is 12.2. The summed E-state index contributed by atoms with van der Waals surface area (Å²) in [6.45, 7) is 5.69. The first-order valence-corrected chi connectivity index (χ1v) is 13.5. The molecule has 2 aliphatic heterocycles. The fourth-order valence-electron chi connectivity index (χ4n) is 4.35. The van der Waals surface area contributed by atoms with E-state index in [0.29, 0.717) is 12.1 Å². The molecule has 1 saturated heterocycles. The maximum Gasteiger partial charge on any atom is 0.264 e. The Bertz CT molecular complexity index is 1170. The van der Waals surface area contributed by atoms with E-state index in [9.17, 15) is 13.2 Å². The molecule has 1 amide bonds. The van der Waals surface area contributed by atoms with Crippen molar-refractivity contribution in [2.45, 2.75) is 37.2 Å². The zero-order valence-corrected chi connectivity index (χ0v) is 20.8. The number of hydroxylamine groups is 1. The lowest BCUT2D eigenvalue weighted by molar-refractivity contribution is -0.132. The minimum atomic E-state index is -3.80. The first-order chi connectivity index (χ1) is 16.7. The molecule has 0 aromatic heterocycles. The third-order valence-corrected chi connectivity index (χ3v) is 8.75. The van der Waals surface area contributed by atoms with Gasteiger partial charge in [-0.15, -0.1) is 0 Å². The third-order valence-electron chi connectivity index (χ3n) is 6.77. The number of nitrogens with zero attached hydrogens (tertiary/aromatic N) is 2. The number of benzene rings is 2. The van der Waals surface area contributed by atoms with Crippen LogP contribution in [0.1, 0.15) is 30.9 Å². The predicted molar refractivity (Wildman–Crippen MR) is 132 cm³/mol. The molecule has 2 atom stereocenters. The highest BCUT2D eigenvalue weighted by molar-refractivity contribution is 7.92. The van der Waals surface area contributed by atoms with E-state index in [4.69, 9.17) is 14.8 Å². The van der Waals surface area contributed by atoms with E-state index < -0.39 is 26.6 Å². The molecule has 4 rings (SSSR count). The summed E-state index contributed by atoms with van der Waals surface area (Å²) >= 11 is 0. The summed E-state index contributed by atoms with van der Waals surface area (Å²) < 4.78 is 28.0. The van der Waals surface area contributed by atoms with Gasteiger partial charge in [-0.05, 0) is 29.2 Å². The molecule has 188 valence electrons. The molecule has 1 fully saturated rings. The highest BCUT2D eigenvalue weighted by atomic mass is 32.2. The van der Waals surface area contributed by atoms with Gasteiger partial charge >= 0.3 is 0 Å². The Morgan fingerprint density at radius 2 is 1.66 bits per heavy atom. The van der Waals surface area contributed by atoms with Crippen LogP contribution in [0.25, 0.3) is 11.1 Å². The summed E-state index contributed by atoms with van der Waals surface area (Å²) in [7, 11) is -3.80. The number of rotatable bonds is 8. The fraction of sp³-hybridized carbons (Fsp3) is 0.440. The molecule has 9 nitrogen and oxygen atoms in total. The summed E-state index contributed by atoms with van der Waals surface area (Å²) in [5, 5.41) is 13.1. The average Bonchev–Trinajstić information content (AvgIpc) is 3.32. The molecular formula is C25H31N3O6S. The number of nitrogens with one attached hydrogen (secondary N) is 1. The van der Waals surface area contributed by atoms with E-state index in [0.717, 1.165) is 55.8 Å². The van der Waals surface area contributed by atoms with Crippen LogP contribution in [0.2, 0.25) is 0 Å². The number of morpholine rings is 1. The van der Waals surface area contributed by atoms with E-state index in [1.807, 2.05) is 24.3 Å². The number of hydrogen-bond acceptors (Lipinski definition) is 8. The van der Waals surface area contributed by atoms with Crippen molar-refractivity contribution in [3.63, 3.8) is 0 Å². The van der Waals surface area contributed by atoms with Gasteiger partial charge in [0.15, 0.2) is 14.6 Å². The van der Waals surface area contributed by atoms with E-state index in [1.54, 1.807) is 0 Å². The number of ether oxygens (including phenoxy) is 1. The first kappa shape index (κ1) is 25.3. The molecule has 0 saturated carbocycles. The second-order valence-electron chi connectivity index (χ2n) is 9.28. The first-order valence-electron chi connectivity index (χ1n) is 11.6. The predicted octanol–water partition coefficient (Wildman–Crippen LogP) is 2.38. The smallest absolute Gasteiger partial charge is 0.264 e. The van der Waals surface area contributed by atoms with Gasteiger partial charge in [0, 0.05) is 38.7 Å². The van der Waals surface area contributed by atoms with Gasteiger partial charge in [-0.1, -0.05) is 53.7 Å². The van der Waals surface area contributed by atoms with Crippen LogP contribution in [0.3, 0.4) is 0 Å². The summed E-state index contributed by atoms with van der Waals surface area (Å²) in [5.74, 6) is -0.989. The van der Waals surface area contributed by atoms with E-state index >= 15 is 0 Å². The molecule has 2 unspecified atom stereocenters. The molecular weight excluding hydrogens is 470 g/mol. The Morgan fingerprint density at radius 3 is 2.23 bits per heavy atom. The molecule has 2 aromatic carbocycles. The summed E-state index contributed by atoms with van der Waals surface area (Å²) in [6.07, 6.45) is 0.604. The van der Waals surface area contributed by atoms with Crippen LogP contribution >= 0.6 is 0 Å². The van der Waals surface area contributed by atoms with Crippen molar-refractivity contribution in [1.82, 2.24) is 10.4 Å². The topological polar surface area (TPSA) is 118 Å². The zero-order chi connectivity index (χ0) is 25.1. The SMILES string of the molecule is CC(CC1CC(c2ccc(-c3ccc(CN4CCOCC4)cc3)cc2)=NO1)(C(=O)NO)S(C)(=O)=O. The number of carbonyl (C=O) groups excluding carboxylic acids is 1. The molecule has 0 spiro atoms. The molecule has 10 heteroatoms. The normalized spacial score (nSPS) is 20.5. The molecule has 0 bridgehead atoms. The van der Waals surface area contributed by atoms with Crippen LogP contribution in [0.5, 0.6) is 0 Å². The zero-order valence-electron chi connectivity index (χ0n) is 19.9. The number of hydrogen-bond donors (Lipinski definition) is 2. The molecule has 2 aromatic rings. The maximum absolute atomic E-state index is 12.2. The number of sulfone groups is 1. The van der Waals surface area contributed by atoms with Crippen LogP contribution in [0.15, 0.2) is 53.7 Å². The number of carbonyl (C=O) groups is 1. The van der Waals surface area contributed by atoms with Crippen molar-refractivity contribution >= 4 is 21.5 Å². The average molecular weight is 502 g/mol. The Hall–Kier alpha value is -2.79. The molecule has 2 aliphatic rings. The Kier molecular flexibility index (Phi) is 7.56. The lowest BCUT2D eigenvalue weighted by atomic mass is 9.95. The second-order valence-corrected chi connectivity index (χ2v) is 11.7. The lowest BCUT2D eigenvalue weighted by Gasteiger charge is -2.26. The van der Waals surface area contributed by atoms with Gasteiger partial charge in [-0.25, -0.2) is 13.9 Å². The largest absolute Gasteiger partial charge is 0.392 e. The van der Waals surface area contributed by atoms with Crippen molar-refractivity contribution < 1.29 is 28.0 Å². The molecule has 0 radical (unpaired) electrons. The Balaban J connectivity index is 1.38. The quantitative estimate of drug-likeness (QED) is 0.421. The van der Waals surface area contributed by atoms with Crippen molar-refractivity contribution in [2.75, 3.05) is 32.6 Å². The minimum Gasteiger partial charge on any atom is -0.392 e. The highest BCUT2D eigenvalue weighted by Gasteiger charge is 2.47. The van der Waals surface area contributed by atoms with Gasteiger partial charge < -0.3 is 9.57 Å². The molecule has 2 N–H and O–H groups in total. The third kappa shape index (κ3) is 5.72. The summed E-state index contributed by atoms with van der Waals surface area (Å²) in [5.41, 5.74) is 6.47. The van der Waals surface area contributed by atoms with Gasteiger partial charge in [0.05, 0.1) is 18.9 Å². The van der Waals surface area contributed by atoms with Crippen LogP contribution in [0, 0.1) is 0 Å². The number of amides is 1. The van der Waals surface area contributed by atoms with Gasteiger partial charge in [-0.2, -0.15) is 0 Å². The second kappa shape index (κ2) is 10.4. The van der Waals surface area contributed by atoms with Gasteiger partial charge in [0.1, 0.15) is 6.10 Å². The van der Waals surface area contributed by atoms with Gasteiger partial charge in [0.2, 0.25) is 0 Å². The van der Waals surface area contributed by atoms with E-state index in [2.05, 4.69) is 34.3 Å². The van der Waals surface area contributed by atoms with Crippen molar-refractivity contribution in [3.8, 4) is 11.1 Å². The summed E-state index contributed by atoms with van der Waals surface area (Å²) in [4.78, 5) is 19.9. The van der Waals surface area contributed by atoms with Gasteiger partial charge in [-0.3, -0.25) is 14.9 Å². The number of oxime groups is 1. The van der Waals surface area contributed by atoms with E-state index in [1.165, 1.54) is 18.0 Å².